The van der Waals surface area contributed by atoms with E-state index in [0.717, 1.165) is 11.8 Å². The average molecular weight is 312 g/mol. The maximum absolute atomic E-state index is 12.5. The number of benzene rings is 2. The number of hydrogen-bond acceptors (Lipinski definition) is 4. The van der Waals surface area contributed by atoms with Gasteiger partial charge in [0.1, 0.15) is 5.75 Å². The fraction of sp³-hybridized carbons (Fsp3) is 0.118. The van der Waals surface area contributed by atoms with Crippen molar-refractivity contribution >= 4 is 5.91 Å². The number of rotatable bonds is 6. The van der Waals surface area contributed by atoms with E-state index in [1.54, 1.807) is 49.6 Å². The van der Waals surface area contributed by atoms with Gasteiger partial charge in [-0.2, -0.15) is 0 Å². The van der Waals surface area contributed by atoms with Crippen LogP contribution in [0.4, 0.5) is 0 Å². The first-order valence-electron chi connectivity index (χ1n) is 6.91. The highest BCUT2D eigenvalue weighted by Gasteiger charge is 2.14. The number of amides is 1. The molecule has 0 spiro atoms. The van der Waals surface area contributed by atoms with Gasteiger partial charge in [0.15, 0.2) is 0 Å². The van der Waals surface area contributed by atoms with E-state index < -0.39 is 4.92 Å². The normalized spacial score (nSPS) is 10.5. The first kappa shape index (κ1) is 16.2. The number of hydrogen-bond donors (Lipinski definition) is 0. The molecule has 6 nitrogen and oxygen atoms in total. The van der Waals surface area contributed by atoms with Crippen LogP contribution in [-0.2, 0) is 6.54 Å². The Balaban J connectivity index is 2.22. The van der Waals surface area contributed by atoms with Crippen molar-refractivity contribution in [3.63, 3.8) is 0 Å². The van der Waals surface area contributed by atoms with Crippen LogP contribution in [0.1, 0.15) is 15.9 Å². The third-order valence-electron chi connectivity index (χ3n) is 3.16. The molecule has 0 radical (unpaired) electrons. The minimum absolute atomic E-state index is 0.224. The molecule has 6 heteroatoms. The molecule has 2 rings (SSSR count). The summed E-state index contributed by atoms with van der Waals surface area (Å²) in [5, 5.41) is 10.6. The molecule has 23 heavy (non-hydrogen) atoms. The second-order valence-corrected chi connectivity index (χ2v) is 4.73. The Kier molecular flexibility index (Phi) is 5.46. The zero-order valence-corrected chi connectivity index (χ0v) is 12.6. The highest BCUT2D eigenvalue weighted by Crippen LogP contribution is 2.15. The van der Waals surface area contributed by atoms with Gasteiger partial charge in [0.25, 0.3) is 12.1 Å². The summed E-state index contributed by atoms with van der Waals surface area (Å²) in [4.78, 5) is 23.8. The van der Waals surface area contributed by atoms with Crippen molar-refractivity contribution < 1.29 is 14.5 Å². The third-order valence-corrected chi connectivity index (χ3v) is 3.16. The van der Waals surface area contributed by atoms with Gasteiger partial charge in [-0.25, -0.2) is 0 Å². The first-order valence-corrected chi connectivity index (χ1v) is 6.91. The number of methoxy groups -OCH3 is 1. The van der Waals surface area contributed by atoms with Crippen LogP contribution in [0.15, 0.2) is 67.0 Å². The molecule has 2 aromatic rings. The monoisotopic (exact) mass is 312 g/mol. The molecule has 0 unspecified atom stereocenters. The molecule has 0 heterocycles. The fourth-order valence-electron chi connectivity index (χ4n) is 2.00. The number of ether oxygens (including phenoxy) is 1. The molecule has 0 fully saturated rings. The lowest BCUT2D eigenvalue weighted by molar-refractivity contribution is -0.403. The Morgan fingerprint density at radius 3 is 2.39 bits per heavy atom. The lowest BCUT2D eigenvalue weighted by Gasteiger charge is -2.18. The standard InChI is InChI=1S/C17H16N2O4/c1-23-16-9-7-14(8-10-16)13-18(11-12-19(21)22)17(20)15-5-3-2-4-6-15/h2-12H,13H2,1H3/b12-11+. The van der Waals surface area contributed by atoms with Gasteiger partial charge in [0.2, 0.25) is 0 Å². The van der Waals surface area contributed by atoms with Gasteiger partial charge in [-0.1, -0.05) is 30.3 Å². The van der Waals surface area contributed by atoms with Crippen LogP contribution in [0.5, 0.6) is 5.75 Å². The second-order valence-electron chi connectivity index (χ2n) is 4.73. The zero-order valence-electron chi connectivity index (χ0n) is 12.6. The summed E-state index contributed by atoms with van der Waals surface area (Å²) in [6.07, 6.45) is 1.93. The van der Waals surface area contributed by atoms with Gasteiger partial charge in [-0.3, -0.25) is 14.9 Å². The van der Waals surface area contributed by atoms with Crippen molar-refractivity contribution in [1.82, 2.24) is 4.90 Å². The van der Waals surface area contributed by atoms with Crippen LogP contribution in [0, 0.1) is 10.1 Å². The number of nitrogens with zero attached hydrogens (tertiary/aromatic N) is 2. The molecule has 0 bridgehead atoms. The molecule has 1 amide bonds. The number of nitro groups is 1. The predicted molar refractivity (Wildman–Crippen MR) is 85.4 cm³/mol. The topological polar surface area (TPSA) is 72.7 Å². The first-order chi connectivity index (χ1) is 11.1. The van der Waals surface area contributed by atoms with Gasteiger partial charge in [0, 0.05) is 5.56 Å². The van der Waals surface area contributed by atoms with Crippen molar-refractivity contribution in [1.29, 1.82) is 0 Å². The number of carbonyl (C=O) groups excluding carboxylic acids is 1. The Bertz CT molecular complexity index is 696. The van der Waals surface area contributed by atoms with Crippen LogP contribution in [-0.4, -0.2) is 22.8 Å². The summed E-state index contributed by atoms with van der Waals surface area (Å²) < 4.78 is 5.09. The van der Waals surface area contributed by atoms with Crippen LogP contribution in [0.2, 0.25) is 0 Å². The molecule has 118 valence electrons. The third kappa shape index (κ3) is 4.67. The van der Waals surface area contributed by atoms with E-state index >= 15 is 0 Å². The van der Waals surface area contributed by atoms with E-state index in [1.807, 2.05) is 12.1 Å². The lowest BCUT2D eigenvalue weighted by atomic mass is 10.1. The SMILES string of the molecule is COc1ccc(CN(/C=C/[N+](=O)[O-])C(=O)c2ccccc2)cc1. The van der Waals surface area contributed by atoms with Crippen molar-refractivity contribution in [2.45, 2.75) is 6.54 Å². The molecular formula is C17H16N2O4. The minimum atomic E-state index is -0.598. The second kappa shape index (κ2) is 7.74. The summed E-state index contributed by atoms with van der Waals surface area (Å²) in [6.45, 7) is 0.224. The molecule has 0 aliphatic heterocycles. The summed E-state index contributed by atoms with van der Waals surface area (Å²) in [6, 6.07) is 15.8. The Morgan fingerprint density at radius 1 is 1.17 bits per heavy atom. The Morgan fingerprint density at radius 2 is 1.83 bits per heavy atom. The Hall–Kier alpha value is -3.15. The fourth-order valence-corrected chi connectivity index (χ4v) is 2.00. The Labute approximate surface area is 133 Å². The maximum Gasteiger partial charge on any atom is 0.258 e. The number of carbonyl (C=O) groups is 1. The van der Waals surface area contributed by atoms with Gasteiger partial charge in [-0.15, -0.1) is 0 Å². The molecule has 0 atom stereocenters. The van der Waals surface area contributed by atoms with Crippen LogP contribution >= 0.6 is 0 Å². The molecule has 2 aromatic carbocycles. The van der Waals surface area contributed by atoms with Gasteiger partial charge >= 0.3 is 0 Å². The predicted octanol–water partition coefficient (Wildman–Crippen LogP) is 3.09. The molecular weight excluding hydrogens is 296 g/mol. The largest absolute Gasteiger partial charge is 0.497 e. The highest BCUT2D eigenvalue weighted by molar-refractivity contribution is 5.94. The zero-order chi connectivity index (χ0) is 16.7. The van der Waals surface area contributed by atoms with E-state index in [1.165, 1.54) is 11.1 Å². The molecule has 0 saturated heterocycles. The molecule has 0 saturated carbocycles. The van der Waals surface area contributed by atoms with Crippen LogP contribution < -0.4 is 4.74 Å². The van der Waals surface area contributed by atoms with E-state index in [-0.39, 0.29) is 12.5 Å². The quantitative estimate of drug-likeness (QED) is 0.607. The minimum Gasteiger partial charge on any atom is -0.497 e. The highest BCUT2D eigenvalue weighted by atomic mass is 16.6. The summed E-state index contributed by atoms with van der Waals surface area (Å²) in [5.74, 6) is 0.398. The molecule has 0 aliphatic carbocycles. The van der Waals surface area contributed by atoms with Crippen molar-refractivity contribution in [3.05, 3.63) is 88.2 Å². The van der Waals surface area contributed by atoms with Crippen LogP contribution in [0.3, 0.4) is 0 Å². The van der Waals surface area contributed by atoms with E-state index in [0.29, 0.717) is 11.3 Å². The average Bonchev–Trinajstić information content (AvgIpc) is 2.59. The molecule has 0 aliphatic rings. The smallest absolute Gasteiger partial charge is 0.258 e. The van der Waals surface area contributed by atoms with Crippen molar-refractivity contribution in [2.24, 2.45) is 0 Å². The van der Waals surface area contributed by atoms with Gasteiger partial charge < -0.3 is 9.64 Å². The van der Waals surface area contributed by atoms with Crippen molar-refractivity contribution in [2.75, 3.05) is 7.11 Å². The summed E-state index contributed by atoms with van der Waals surface area (Å²) in [7, 11) is 1.57. The van der Waals surface area contributed by atoms with Gasteiger partial charge in [-0.05, 0) is 29.8 Å². The van der Waals surface area contributed by atoms with E-state index in [9.17, 15) is 14.9 Å². The maximum atomic E-state index is 12.5. The summed E-state index contributed by atoms with van der Waals surface area (Å²) >= 11 is 0. The van der Waals surface area contributed by atoms with Crippen molar-refractivity contribution in [3.8, 4) is 5.75 Å². The molecule has 0 aromatic heterocycles. The summed E-state index contributed by atoms with van der Waals surface area (Å²) in [5.41, 5.74) is 1.30. The van der Waals surface area contributed by atoms with E-state index in [2.05, 4.69) is 0 Å². The lowest BCUT2D eigenvalue weighted by Crippen LogP contribution is -2.25. The van der Waals surface area contributed by atoms with E-state index in [4.69, 9.17) is 4.74 Å². The van der Waals surface area contributed by atoms with Gasteiger partial charge in [0.05, 0.1) is 24.8 Å². The van der Waals surface area contributed by atoms with Crippen LogP contribution in [0.25, 0.3) is 0 Å². The molecule has 0 N–H and O–H groups in total.